The first kappa shape index (κ1) is 20.4. The molecule has 0 aliphatic carbocycles. The summed E-state index contributed by atoms with van der Waals surface area (Å²) in [6.07, 6.45) is 0.768. The topological polar surface area (TPSA) is 107 Å². The van der Waals surface area contributed by atoms with Gasteiger partial charge in [-0.05, 0) is 11.6 Å². The lowest BCUT2D eigenvalue weighted by Gasteiger charge is -2.34. The molecular weight excluding hydrogens is 458 g/mol. The summed E-state index contributed by atoms with van der Waals surface area (Å²) in [5.41, 5.74) is -0.539. The summed E-state index contributed by atoms with van der Waals surface area (Å²) in [6, 6.07) is 3.02. The molecular formula is C21H16F2N4O5S. The zero-order valence-corrected chi connectivity index (χ0v) is 17.7. The number of aromatic nitrogens is 3. The SMILES string of the molecule is O=C1c2c(O)c(=O)c(-c3nnc(Cc4ccc(F)cc4F)s3)cn2C[C@H]2OC3COCC3N12. The first-order valence-electron chi connectivity index (χ1n) is 10.2. The van der Waals surface area contributed by atoms with Crippen molar-refractivity contribution in [3.8, 4) is 16.3 Å². The Hall–Kier alpha value is -3.22. The Kier molecular flexibility index (Phi) is 4.57. The molecule has 0 bridgehead atoms. The Balaban J connectivity index is 1.34. The van der Waals surface area contributed by atoms with E-state index >= 15 is 0 Å². The Morgan fingerprint density at radius 3 is 2.88 bits per heavy atom. The van der Waals surface area contributed by atoms with Crippen LogP contribution in [0.15, 0.2) is 29.2 Å². The number of halogens is 2. The van der Waals surface area contributed by atoms with Crippen LogP contribution in [0.5, 0.6) is 5.75 Å². The number of hydrogen-bond donors (Lipinski definition) is 1. The lowest BCUT2D eigenvalue weighted by atomic mass is 10.1. The summed E-state index contributed by atoms with van der Waals surface area (Å²) in [5.74, 6) is -2.54. The van der Waals surface area contributed by atoms with Gasteiger partial charge in [0.05, 0.1) is 31.4 Å². The second-order valence-electron chi connectivity index (χ2n) is 8.08. The number of aromatic hydroxyl groups is 1. The fraction of sp³-hybridized carbons (Fsp3) is 0.333. The van der Waals surface area contributed by atoms with Gasteiger partial charge in [0.15, 0.2) is 22.7 Å². The van der Waals surface area contributed by atoms with Gasteiger partial charge >= 0.3 is 0 Å². The molecule has 5 heterocycles. The normalized spacial score (nSPS) is 23.5. The Bertz CT molecular complexity index is 1360. The van der Waals surface area contributed by atoms with Crippen molar-refractivity contribution in [1.82, 2.24) is 19.7 Å². The van der Waals surface area contributed by atoms with E-state index in [-0.39, 0.29) is 46.9 Å². The second-order valence-corrected chi connectivity index (χ2v) is 9.14. The van der Waals surface area contributed by atoms with E-state index in [4.69, 9.17) is 9.47 Å². The zero-order valence-electron chi connectivity index (χ0n) is 16.9. The Morgan fingerprint density at radius 1 is 1.21 bits per heavy atom. The largest absolute Gasteiger partial charge is 0.503 e. The van der Waals surface area contributed by atoms with Crippen LogP contribution in [0.25, 0.3) is 10.6 Å². The number of ether oxygens (including phenoxy) is 2. The van der Waals surface area contributed by atoms with E-state index in [1.165, 1.54) is 21.7 Å². The summed E-state index contributed by atoms with van der Waals surface area (Å²) in [6.45, 7) is 0.970. The molecule has 0 saturated carbocycles. The van der Waals surface area contributed by atoms with Crippen LogP contribution in [0.2, 0.25) is 0 Å². The van der Waals surface area contributed by atoms with Crippen LogP contribution in [0.1, 0.15) is 21.1 Å². The third kappa shape index (κ3) is 3.16. The lowest BCUT2D eigenvalue weighted by molar-refractivity contribution is -0.0381. The van der Waals surface area contributed by atoms with Gasteiger partial charge in [0.1, 0.15) is 22.7 Å². The molecule has 6 rings (SSSR count). The molecule has 3 aliphatic heterocycles. The van der Waals surface area contributed by atoms with Gasteiger partial charge < -0.3 is 24.0 Å². The monoisotopic (exact) mass is 474 g/mol. The van der Waals surface area contributed by atoms with Crippen LogP contribution in [-0.4, -0.2) is 62.3 Å². The number of amides is 1. The molecule has 170 valence electrons. The highest BCUT2D eigenvalue weighted by molar-refractivity contribution is 7.14. The van der Waals surface area contributed by atoms with Crippen molar-refractivity contribution >= 4 is 17.2 Å². The molecule has 2 unspecified atom stereocenters. The van der Waals surface area contributed by atoms with Gasteiger partial charge in [-0.3, -0.25) is 9.59 Å². The predicted molar refractivity (Wildman–Crippen MR) is 110 cm³/mol. The first-order valence-corrected chi connectivity index (χ1v) is 11.0. The van der Waals surface area contributed by atoms with Crippen molar-refractivity contribution in [2.45, 2.75) is 31.3 Å². The number of carbonyl (C=O) groups is 1. The van der Waals surface area contributed by atoms with Crippen LogP contribution >= 0.6 is 11.3 Å². The molecule has 2 saturated heterocycles. The molecule has 2 fully saturated rings. The molecule has 1 N–H and O–H groups in total. The highest BCUT2D eigenvalue weighted by Gasteiger charge is 2.51. The molecule has 0 radical (unpaired) electrons. The molecule has 0 spiro atoms. The minimum absolute atomic E-state index is 0.0657. The summed E-state index contributed by atoms with van der Waals surface area (Å²) >= 11 is 1.05. The van der Waals surface area contributed by atoms with Crippen molar-refractivity contribution in [2.75, 3.05) is 13.2 Å². The van der Waals surface area contributed by atoms with E-state index in [9.17, 15) is 23.5 Å². The fourth-order valence-corrected chi connectivity index (χ4v) is 5.40. The summed E-state index contributed by atoms with van der Waals surface area (Å²) in [7, 11) is 0. The molecule has 1 amide bonds. The number of benzene rings is 1. The minimum Gasteiger partial charge on any atom is -0.503 e. The van der Waals surface area contributed by atoms with Gasteiger partial charge in [-0.25, -0.2) is 8.78 Å². The molecule has 3 atom stereocenters. The minimum atomic E-state index is -0.747. The number of rotatable bonds is 3. The van der Waals surface area contributed by atoms with Crippen LogP contribution in [-0.2, 0) is 22.4 Å². The standard InChI is InChI=1S/C21H16F2N4O5S/c22-10-2-1-9(12(23)4-10)3-15-24-25-20(33-15)11-5-26-6-16-27(13-7-31-8-14(13)32-16)21(30)17(26)19(29)18(11)28/h1-2,4-5,13-14,16,29H,3,6-8H2/t13?,14?,16-/m1/s1. The highest BCUT2D eigenvalue weighted by atomic mass is 32.1. The Labute approximate surface area is 188 Å². The van der Waals surface area contributed by atoms with Crippen LogP contribution < -0.4 is 5.43 Å². The molecule has 3 aliphatic rings. The van der Waals surface area contributed by atoms with Crippen LogP contribution in [0.3, 0.4) is 0 Å². The van der Waals surface area contributed by atoms with Crippen LogP contribution in [0.4, 0.5) is 8.78 Å². The number of nitrogens with zero attached hydrogens (tertiary/aromatic N) is 4. The van der Waals surface area contributed by atoms with Gasteiger partial charge in [0.2, 0.25) is 5.43 Å². The smallest absolute Gasteiger partial charge is 0.277 e. The van der Waals surface area contributed by atoms with Gasteiger partial charge in [-0.2, -0.15) is 0 Å². The van der Waals surface area contributed by atoms with E-state index in [2.05, 4.69) is 10.2 Å². The van der Waals surface area contributed by atoms with Gasteiger partial charge in [-0.1, -0.05) is 17.4 Å². The van der Waals surface area contributed by atoms with Crippen molar-refractivity contribution in [2.24, 2.45) is 0 Å². The third-order valence-corrected chi connectivity index (χ3v) is 7.06. The van der Waals surface area contributed by atoms with Gasteiger partial charge in [0, 0.05) is 18.7 Å². The van der Waals surface area contributed by atoms with E-state index < -0.39 is 34.9 Å². The Morgan fingerprint density at radius 2 is 2.06 bits per heavy atom. The zero-order chi connectivity index (χ0) is 22.9. The maximum Gasteiger partial charge on any atom is 0.277 e. The van der Waals surface area contributed by atoms with Crippen molar-refractivity contribution in [3.05, 3.63) is 62.5 Å². The predicted octanol–water partition coefficient (Wildman–Crippen LogP) is 1.52. The van der Waals surface area contributed by atoms with Gasteiger partial charge in [0.25, 0.3) is 5.91 Å². The number of fused-ring (bicyclic) bond motifs is 4. The highest BCUT2D eigenvalue weighted by Crippen LogP contribution is 2.36. The number of carbonyl (C=O) groups excluding carboxylic acids is 1. The molecule has 2 aromatic heterocycles. The molecule has 33 heavy (non-hydrogen) atoms. The van der Waals surface area contributed by atoms with Crippen LogP contribution in [0, 0.1) is 11.6 Å². The number of hydrogen-bond acceptors (Lipinski definition) is 8. The van der Waals surface area contributed by atoms with E-state index in [1.807, 2.05) is 0 Å². The quantitative estimate of drug-likeness (QED) is 0.614. The van der Waals surface area contributed by atoms with Crippen molar-refractivity contribution in [3.63, 3.8) is 0 Å². The summed E-state index contributed by atoms with van der Waals surface area (Å²) in [4.78, 5) is 27.6. The molecule has 1 aromatic carbocycles. The fourth-order valence-electron chi connectivity index (χ4n) is 4.53. The number of pyridine rings is 1. The second kappa shape index (κ2) is 7.40. The average molecular weight is 474 g/mol. The average Bonchev–Trinajstić information content (AvgIpc) is 3.48. The molecule has 12 heteroatoms. The molecule has 3 aromatic rings. The summed E-state index contributed by atoms with van der Waals surface area (Å²) < 4.78 is 39.9. The first-order chi connectivity index (χ1) is 15.9. The van der Waals surface area contributed by atoms with Crippen molar-refractivity contribution < 1.29 is 28.2 Å². The van der Waals surface area contributed by atoms with Crippen molar-refractivity contribution in [1.29, 1.82) is 0 Å². The van der Waals surface area contributed by atoms with Gasteiger partial charge in [-0.15, -0.1) is 10.2 Å². The maximum absolute atomic E-state index is 14.0. The van der Waals surface area contributed by atoms with E-state index in [1.54, 1.807) is 0 Å². The lowest BCUT2D eigenvalue weighted by Crippen LogP contribution is -2.50. The third-order valence-electron chi connectivity index (χ3n) is 6.10. The maximum atomic E-state index is 14.0. The molecule has 9 nitrogen and oxygen atoms in total. The summed E-state index contributed by atoms with van der Waals surface area (Å²) in [5, 5.41) is 19.3. The van der Waals surface area contributed by atoms with E-state index in [0.29, 0.717) is 18.2 Å². The van der Waals surface area contributed by atoms with E-state index in [0.717, 1.165) is 23.5 Å².